The third kappa shape index (κ3) is 60.2. The maximum absolute atomic E-state index is 12.8. The first-order valence-corrected chi connectivity index (χ1v) is 30.8. The molecule has 0 bridgehead atoms. The van der Waals surface area contributed by atoms with Crippen LogP contribution in [-0.4, -0.2) is 37.2 Å². The lowest BCUT2D eigenvalue weighted by molar-refractivity contribution is -0.167. The normalized spacial score (nSPS) is 13.1. The Bertz CT molecular complexity index is 1680. The Hall–Kier alpha value is -4.71. The Balaban J connectivity index is 4.20. The molecule has 0 spiro atoms. The van der Waals surface area contributed by atoms with E-state index >= 15 is 0 Å². The lowest BCUT2D eigenvalue weighted by Crippen LogP contribution is -2.30. The van der Waals surface area contributed by atoms with Gasteiger partial charge < -0.3 is 14.2 Å². The number of esters is 3. The maximum atomic E-state index is 12.8. The van der Waals surface area contributed by atoms with E-state index in [-0.39, 0.29) is 37.5 Å². The zero-order valence-electron chi connectivity index (χ0n) is 49.0. The van der Waals surface area contributed by atoms with E-state index in [1.807, 2.05) is 0 Å². The van der Waals surface area contributed by atoms with Crippen LogP contribution in [0.4, 0.5) is 0 Å². The predicted octanol–water partition coefficient (Wildman–Crippen LogP) is 21.2. The smallest absolute Gasteiger partial charge is 0.306 e. The molecule has 0 aromatic carbocycles. The van der Waals surface area contributed by atoms with E-state index in [1.165, 1.54) is 89.9 Å². The second-order valence-electron chi connectivity index (χ2n) is 19.9. The number of rotatable bonds is 54. The second-order valence-corrected chi connectivity index (χ2v) is 19.9. The molecule has 0 N–H and O–H groups in total. The average Bonchev–Trinajstić information content (AvgIpc) is 3.42. The highest BCUT2D eigenvalue weighted by Gasteiger charge is 2.19. The Morgan fingerprint density at radius 3 is 0.842 bits per heavy atom. The van der Waals surface area contributed by atoms with Crippen molar-refractivity contribution in [2.45, 2.75) is 264 Å². The minimum Gasteiger partial charge on any atom is -0.462 e. The number of carbonyl (C=O) groups is 3. The molecule has 0 aliphatic heterocycles. The summed E-state index contributed by atoms with van der Waals surface area (Å²) in [6.45, 7) is 6.32. The third-order valence-electron chi connectivity index (χ3n) is 12.6. The van der Waals surface area contributed by atoms with Crippen molar-refractivity contribution in [1.82, 2.24) is 0 Å². The average molecular weight is 1050 g/mol. The summed E-state index contributed by atoms with van der Waals surface area (Å²) >= 11 is 0. The minimum atomic E-state index is -0.811. The van der Waals surface area contributed by atoms with Gasteiger partial charge in [0.1, 0.15) is 13.2 Å². The molecule has 0 saturated carbocycles. The van der Waals surface area contributed by atoms with Crippen LogP contribution in [0, 0.1) is 0 Å². The summed E-state index contributed by atoms with van der Waals surface area (Å²) in [4.78, 5) is 38.0. The van der Waals surface area contributed by atoms with Gasteiger partial charge in [0.15, 0.2) is 6.10 Å². The number of allylic oxidation sites excluding steroid dienone is 24. The Kier molecular flexibility index (Phi) is 58.9. The molecule has 428 valence electrons. The van der Waals surface area contributed by atoms with E-state index in [1.54, 1.807) is 0 Å². The lowest BCUT2D eigenvalue weighted by Gasteiger charge is -2.18. The molecule has 0 saturated heterocycles. The number of hydrogen-bond donors (Lipinski definition) is 0. The number of ether oxygens (including phenoxy) is 3. The summed E-state index contributed by atoms with van der Waals surface area (Å²) in [6, 6.07) is 0. The molecule has 6 nitrogen and oxygen atoms in total. The zero-order chi connectivity index (χ0) is 55.0. The summed E-state index contributed by atoms with van der Waals surface area (Å²) in [5, 5.41) is 0. The van der Waals surface area contributed by atoms with Crippen molar-refractivity contribution in [3.8, 4) is 0 Å². The van der Waals surface area contributed by atoms with Crippen molar-refractivity contribution in [1.29, 1.82) is 0 Å². The van der Waals surface area contributed by atoms with Gasteiger partial charge in [-0.05, 0) is 116 Å². The number of unbranched alkanes of at least 4 members (excludes halogenated alkanes) is 19. The van der Waals surface area contributed by atoms with Crippen molar-refractivity contribution >= 4 is 17.9 Å². The van der Waals surface area contributed by atoms with Gasteiger partial charge in [-0.15, -0.1) is 0 Å². The quantitative estimate of drug-likeness (QED) is 0.0261. The molecule has 6 heteroatoms. The third-order valence-corrected chi connectivity index (χ3v) is 12.6. The van der Waals surface area contributed by atoms with Gasteiger partial charge in [0.05, 0.1) is 0 Å². The van der Waals surface area contributed by atoms with Gasteiger partial charge in [0.2, 0.25) is 0 Å². The minimum absolute atomic E-state index is 0.104. The fraction of sp³-hybridized carbons (Fsp3) is 0.614. The topological polar surface area (TPSA) is 78.9 Å². The Labute approximate surface area is 467 Å². The van der Waals surface area contributed by atoms with Crippen LogP contribution in [0.3, 0.4) is 0 Å². The van der Waals surface area contributed by atoms with Crippen molar-refractivity contribution in [3.63, 3.8) is 0 Å². The molecule has 0 heterocycles. The summed E-state index contributed by atoms with van der Waals surface area (Å²) in [5.41, 5.74) is 0. The Morgan fingerprint density at radius 2 is 0.526 bits per heavy atom. The van der Waals surface area contributed by atoms with Crippen molar-refractivity contribution in [3.05, 3.63) is 146 Å². The zero-order valence-corrected chi connectivity index (χ0v) is 49.0. The summed E-state index contributed by atoms with van der Waals surface area (Å²) < 4.78 is 16.8. The van der Waals surface area contributed by atoms with Crippen LogP contribution in [0.25, 0.3) is 0 Å². The summed E-state index contributed by atoms with van der Waals surface area (Å²) in [5.74, 6) is -0.974. The molecule has 0 fully saturated rings. The lowest BCUT2D eigenvalue weighted by atomic mass is 10.0. The van der Waals surface area contributed by atoms with Gasteiger partial charge in [0, 0.05) is 19.3 Å². The van der Waals surface area contributed by atoms with Crippen LogP contribution in [0.15, 0.2) is 146 Å². The van der Waals surface area contributed by atoms with Crippen LogP contribution >= 0.6 is 0 Å². The van der Waals surface area contributed by atoms with E-state index in [9.17, 15) is 14.4 Å². The molecule has 0 rings (SSSR count). The molecule has 1 unspecified atom stereocenters. The van der Waals surface area contributed by atoms with Gasteiger partial charge in [-0.2, -0.15) is 0 Å². The summed E-state index contributed by atoms with van der Waals surface area (Å²) in [7, 11) is 0. The monoisotopic (exact) mass is 1050 g/mol. The van der Waals surface area contributed by atoms with E-state index < -0.39 is 6.10 Å². The van der Waals surface area contributed by atoms with Crippen LogP contribution in [0.5, 0.6) is 0 Å². The first kappa shape index (κ1) is 71.3. The van der Waals surface area contributed by atoms with Crippen molar-refractivity contribution < 1.29 is 28.6 Å². The van der Waals surface area contributed by atoms with Gasteiger partial charge >= 0.3 is 17.9 Å². The maximum Gasteiger partial charge on any atom is 0.306 e. The molecule has 0 aromatic heterocycles. The largest absolute Gasteiger partial charge is 0.462 e. The Morgan fingerprint density at radius 1 is 0.276 bits per heavy atom. The van der Waals surface area contributed by atoms with Gasteiger partial charge in [-0.3, -0.25) is 14.4 Å². The van der Waals surface area contributed by atoms with Gasteiger partial charge in [-0.1, -0.05) is 269 Å². The van der Waals surface area contributed by atoms with Crippen molar-refractivity contribution in [2.24, 2.45) is 0 Å². The molecule has 1 atom stereocenters. The number of hydrogen-bond acceptors (Lipinski definition) is 6. The first-order valence-electron chi connectivity index (χ1n) is 30.8. The van der Waals surface area contributed by atoms with Gasteiger partial charge in [0.25, 0.3) is 0 Å². The second kappa shape index (κ2) is 62.8. The summed E-state index contributed by atoms with van der Waals surface area (Å²) in [6.07, 6.45) is 90.2. The van der Waals surface area contributed by atoms with E-state index in [2.05, 4.69) is 167 Å². The molecule has 0 radical (unpaired) electrons. The number of carbonyl (C=O) groups excluding carboxylic acids is 3. The van der Waals surface area contributed by atoms with Crippen LogP contribution in [-0.2, 0) is 28.6 Å². The molecule has 76 heavy (non-hydrogen) atoms. The molecular weight excluding hydrogens is 937 g/mol. The molecule has 0 aliphatic carbocycles. The highest BCUT2D eigenvalue weighted by Crippen LogP contribution is 2.15. The van der Waals surface area contributed by atoms with E-state index in [0.29, 0.717) is 19.3 Å². The highest BCUT2D eigenvalue weighted by atomic mass is 16.6. The van der Waals surface area contributed by atoms with E-state index in [0.717, 1.165) is 122 Å². The standard InChI is InChI=1S/C70H112O6/c1-4-7-10-13-16-19-21-23-25-27-28-29-30-31-32-33-34-35-36-37-38-39-40-41-42-44-45-47-49-51-54-57-60-63-69(72)75-66-67(65-74-68(71)62-59-56-53-18-15-12-9-6-3)76-70(73)64-61-58-55-52-50-48-46-43-26-24-22-20-17-14-11-8-5-2/h7-8,10-11,16-17,19-20,23-26,28-29,31-32,34-35,37-38,46,48,52,55,67H,4-6,9,12-15,18,21-22,27,30,33,36,39-45,47,49-51,53-54,56-66H2,1-3H3/b10-7-,11-8-,19-16-,20-17-,25-23-,26-24-,29-28-,32-31-,35-34-,38-37-,48-46-,55-52-. The highest BCUT2D eigenvalue weighted by molar-refractivity contribution is 5.71. The van der Waals surface area contributed by atoms with Gasteiger partial charge in [-0.25, -0.2) is 0 Å². The van der Waals surface area contributed by atoms with Crippen LogP contribution in [0.1, 0.15) is 258 Å². The fourth-order valence-corrected chi connectivity index (χ4v) is 8.05. The molecule has 0 aliphatic rings. The van der Waals surface area contributed by atoms with Crippen molar-refractivity contribution in [2.75, 3.05) is 13.2 Å². The fourth-order valence-electron chi connectivity index (χ4n) is 8.05. The SMILES string of the molecule is CC/C=C\C/C=C\C/C=C\C/C=C\C/C=C\C/C=C\C/C=C\CCCCCCCCCCCCCC(=O)OCC(COC(=O)CCCCCCCCCC)OC(=O)CCC/C=C\C/C=C\C/C=C\C/C=C\C/C=C\CC. The predicted molar refractivity (Wildman–Crippen MR) is 329 cm³/mol. The van der Waals surface area contributed by atoms with E-state index in [4.69, 9.17) is 14.2 Å². The molecule has 0 amide bonds. The first-order chi connectivity index (χ1) is 37.5. The van der Waals surface area contributed by atoms with Crippen LogP contribution in [0.2, 0.25) is 0 Å². The molecule has 0 aromatic rings. The van der Waals surface area contributed by atoms with Crippen LogP contribution < -0.4 is 0 Å². The molecular formula is C70H112O6.